The van der Waals surface area contributed by atoms with Gasteiger partial charge >= 0.3 is 0 Å². The fourth-order valence-corrected chi connectivity index (χ4v) is 1.58. The molecular formula is C15H11FN2O2. The molecule has 5 heteroatoms. The maximum absolute atomic E-state index is 12.8. The third-order valence-corrected chi connectivity index (χ3v) is 2.56. The van der Waals surface area contributed by atoms with Crippen LogP contribution >= 0.6 is 0 Å². The number of nitriles is 1. The van der Waals surface area contributed by atoms with Crippen LogP contribution in [0.5, 0.6) is 0 Å². The smallest absolute Gasteiger partial charge is 0.245 e. The molecule has 0 saturated heterocycles. The second-order valence-electron chi connectivity index (χ2n) is 3.97. The molecule has 20 heavy (non-hydrogen) atoms. The van der Waals surface area contributed by atoms with Crippen molar-refractivity contribution in [3.8, 4) is 6.07 Å². The minimum absolute atomic E-state index is 0.394. The van der Waals surface area contributed by atoms with Crippen LogP contribution in [-0.4, -0.2) is 5.91 Å². The van der Waals surface area contributed by atoms with E-state index in [9.17, 15) is 9.18 Å². The summed E-state index contributed by atoms with van der Waals surface area (Å²) < 4.78 is 17.8. The summed E-state index contributed by atoms with van der Waals surface area (Å²) in [6.45, 7) is 0. The summed E-state index contributed by atoms with van der Waals surface area (Å²) in [5.41, 5.74) is 0.522. The number of rotatable bonds is 4. The summed E-state index contributed by atoms with van der Waals surface area (Å²) in [5, 5.41) is 11.6. The maximum Gasteiger partial charge on any atom is 0.245 e. The number of hydrogen-bond donors (Lipinski definition) is 1. The van der Waals surface area contributed by atoms with Crippen LogP contribution in [-0.2, 0) is 4.79 Å². The van der Waals surface area contributed by atoms with E-state index in [1.165, 1.54) is 42.7 Å². The molecule has 2 rings (SSSR count). The molecule has 0 aliphatic carbocycles. The zero-order valence-corrected chi connectivity index (χ0v) is 10.4. The van der Waals surface area contributed by atoms with Crippen molar-refractivity contribution in [1.82, 2.24) is 5.32 Å². The Morgan fingerprint density at radius 1 is 1.35 bits per heavy atom. The van der Waals surface area contributed by atoms with Gasteiger partial charge in [-0.1, -0.05) is 12.1 Å². The zero-order valence-electron chi connectivity index (χ0n) is 10.4. The number of carbonyl (C=O) groups excluding carboxylic acids is 1. The van der Waals surface area contributed by atoms with E-state index in [1.54, 1.807) is 12.1 Å². The van der Waals surface area contributed by atoms with Gasteiger partial charge in [0.1, 0.15) is 17.6 Å². The van der Waals surface area contributed by atoms with Crippen LogP contribution < -0.4 is 5.32 Å². The van der Waals surface area contributed by atoms with E-state index in [0.717, 1.165) is 0 Å². The highest BCUT2D eigenvalue weighted by Crippen LogP contribution is 2.13. The van der Waals surface area contributed by atoms with E-state index in [-0.39, 0.29) is 0 Å². The Morgan fingerprint density at radius 2 is 2.10 bits per heavy atom. The maximum atomic E-state index is 12.8. The number of nitrogens with one attached hydrogen (secondary N) is 1. The van der Waals surface area contributed by atoms with Gasteiger partial charge in [0.2, 0.25) is 5.91 Å². The summed E-state index contributed by atoms with van der Waals surface area (Å²) in [4.78, 5) is 11.7. The predicted molar refractivity (Wildman–Crippen MR) is 70.6 cm³/mol. The molecule has 2 aromatic rings. The molecule has 0 unspecified atom stereocenters. The molecule has 4 nitrogen and oxygen atoms in total. The van der Waals surface area contributed by atoms with Gasteiger partial charge in [-0.15, -0.1) is 0 Å². The third-order valence-electron chi connectivity index (χ3n) is 2.56. The van der Waals surface area contributed by atoms with E-state index in [1.807, 2.05) is 6.07 Å². The number of carbonyl (C=O) groups is 1. The van der Waals surface area contributed by atoms with Crippen molar-refractivity contribution in [1.29, 1.82) is 5.26 Å². The topological polar surface area (TPSA) is 66.0 Å². The second-order valence-corrected chi connectivity index (χ2v) is 3.97. The normalized spacial score (nSPS) is 12.0. The van der Waals surface area contributed by atoms with E-state index in [4.69, 9.17) is 9.68 Å². The summed E-state index contributed by atoms with van der Waals surface area (Å²) in [7, 11) is 0. The molecule has 0 aliphatic rings. The van der Waals surface area contributed by atoms with Crippen molar-refractivity contribution < 1.29 is 13.6 Å². The Hall–Kier alpha value is -2.87. The van der Waals surface area contributed by atoms with Crippen molar-refractivity contribution >= 4 is 12.0 Å². The van der Waals surface area contributed by atoms with Crippen LogP contribution in [0.2, 0.25) is 0 Å². The lowest BCUT2D eigenvalue weighted by atomic mass is 10.1. The molecular weight excluding hydrogens is 259 g/mol. The summed E-state index contributed by atoms with van der Waals surface area (Å²) in [6.07, 6.45) is 4.26. The molecule has 0 radical (unpaired) electrons. The van der Waals surface area contributed by atoms with E-state index < -0.39 is 17.8 Å². The summed E-state index contributed by atoms with van der Waals surface area (Å²) in [6, 6.07) is 9.92. The van der Waals surface area contributed by atoms with Crippen molar-refractivity contribution in [3.05, 3.63) is 65.9 Å². The van der Waals surface area contributed by atoms with Gasteiger partial charge in [0.05, 0.1) is 12.3 Å². The fraction of sp³-hybridized carbons (Fsp3) is 0.0667. The fourth-order valence-electron chi connectivity index (χ4n) is 1.58. The first-order chi connectivity index (χ1) is 9.69. The zero-order chi connectivity index (χ0) is 14.4. The molecule has 0 saturated carbocycles. The van der Waals surface area contributed by atoms with Crippen LogP contribution in [0.3, 0.4) is 0 Å². The van der Waals surface area contributed by atoms with E-state index >= 15 is 0 Å². The van der Waals surface area contributed by atoms with Crippen molar-refractivity contribution in [2.24, 2.45) is 0 Å². The lowest BCUT2D eigenvalue weighted by Crippen LogP contribution is -2.25. The molecule has 1 atom stereocenters. The van der Waals surface area contributed by atoms with Crippen molar-refractivity contribution in [2.45, 2.75) is 6.04 Å². The Kier molecular flexibility index (Phi) is 4.30. The van der Waals surface area contributed by atoms with Crippen molar-refractivity contribution in [2.75, 3.05) is 0 Å². The second kappa shape index (κ2) is 6.34. The highest BCUT2D eigenvalue weighted by molar-refractivity contribution is 5.91. The molecule has 0 spiro atoms. The first-order valence-corrected chi connectivity index (χ1v) is 5.86. The summed E-state index contributed by atoms with van der Waals surface area (Å²) in [5.74, 6) is -0.290. The minimum Gasteiger partial charge on any atom is -0.465 e. The third kappa shape index (κ3) is 3.56. The van der Waals surface area contributed by atoms with Crippen molar-refractivity contribution in [3.63, 3.8) is 0 Å². The van der Waals surface area contributed by atoms with Gasteiger partial charge in [-0.3, -0.25) is 4.79 Å². The van der Waals surface area contributed by atoms with Gasteiger partial charge < -0.3 is 9.73 Å². The molecule has 0 aliphatic heterocycles. The standard InChI is InChI=1S/C15H11FN2O2/c16-12-5-3-11(4-6-12)14(10-17)18-15(19)8-7-13-2-1-9-20-13/h1-9,14H,(H,18,19)/b8-7+/t14-/m1/s1. The predicted octanol–water partition coefficient (Wildman–Crippen LogP) is 2.81. The van der Waals surface area contributed by atoms with Gasteiger partial charge in [0.25, 0.3) is 0 Å². The number of furan rings is 1. The highest BCUT2D eigenvalue weighted by atomic mass is 19.1. The van der Waals surface area contributed by atoms with Gasteiger partial charge in [-0.05, 0) is 35.9 Å². The number of halogens is 1. The SMILES string of the molecule is N#C[C@@H](NC(=O)/C=C/c1ccco1)c1ccc(F)cc1. The highest BCUT2D eigenvalue weighted by Gasteiger charge is 2.12. The van der Waals surface area contributed by atoms with E-state index in [0.29, 0.717) is 11.3 Å². The molecule has 0 fully saturated rings. The van der Waals surface area contributed by atoms with E-state index in [2.05, 4.69) is 5.32 Å². The van der Waals surface area contributed by atoms with Gasteiger partial charge in [0.15, 0.2) is 0 Å². The average Bonchev–Trinajstić information content (AvgIpc) is 2.97. The lowest BCUT2D eigenvalue weighted by molar-refractivity contribution is -0.116. The Bertz CT molecular complexity index is 640. The number of nitrogens with zero attached hydrogens (tertiary/aromatic N) is 1. The molecule has 1 amide bonds. The molecule has 0 bridgehead atoms. The van der Waals surface area contributed by atoms with Crippen LogP contribution in [0.1, 0.15) is 17.4 Å². The largest absolute Gasteiger partial charge is 0.465 e. The summed E-state index contributed by atoms with van der Waals surface area (Å²) >= 11 is 0. The lowest BCUT2D eigenvalue weighted by Gasteiger charge is -2.10. The Balaban J connectivity index is 2.01. The van der Waals surface area contributed by atoms with Gasteiger partial charge in [-0.2, -0.15) is 5.26 Å². The molecule has 1 aromatic carbocycles. The average molecular weight is 270 g/mol. The molecule has 1 N–H and O–H groups in total. The van der Waals surface area contributed by atoms with Gasteiger partial charge in [-0.25, -0.2) is 4.39 Å². The van der Waals surface area contributed by atoms with Crippen LogP contribution in [0.25, 0.3) is 6.08 Å². The van der Waals surface area contributed by atoms with Crippen LogP contribution in [0, 0.1) is 17.1 Å². The number of hydrogen-bond acceptors (Lipinski definition) is 3. The number of benzene rings is 1. The first-order valence-electron chi connectivity index (χ1n) is 5.86. The van der Waals surface area contributed by atoms with Crippen LogP contribution in [0.15, 0.2) is 53.2 Å². The monoisotopic (exact) mass is 270 g/mol. The molecule has 1 heterocycles. The minimum atomic E-state index is -0.829. The van der Waals surface area contributed by atoms with Gasteiger partial charge in [0, 0.05) is 6.08 Å². The van der Waals surface area contributed by atoms with Crippen LogP contribution in [0.4, 0.5) is 4.39 Å². The number of amides is 1. The Labute approximate surface area is 115 Å². The Morgan fingerprint density at radius 3 is 2.70 bits per heavy atom. The molecule has 100 valence electrons. The molecule has 1 aromatic heterocycles. The quantitative estimate of drug-likeness (QED) is 0.869. The first kappa shape index (κ1) is 13.6.